The Morgan fingerprint density at radius 2 is 1.50 bits per heavy atom. The zero-order valence-corrected chi connectivity index (χ0v) is 21.7. The van der Waals surface area contributed by atoms with Crippen molar-refractivity contribution in [2.45, 2.75) is 40.2 Å². The standard InChI is InChI=1S/C30H26N2O2S2/c1-3-26(30(34)32-24-11-4-6-13-27(24)36-28-14-7-5-12-25(28)32)35-23-10-8-9-22(19-23)31-29(33)21-17-15-20(2)16-18-21/h4-19,26H,3H2,1-2H3,(H,31,33). The molecule has 2 amide bonds. The molecule has 1 heterocycles. The van der Waals surface area contributed by atoms with E-state index in [-0.39, 0.29) is 17.1 Å². The Morgan fingerprint density at radius 3 is 2.14 bits per heavy atom. The van der Waals surface area contributed by atoms with E-state index in [2.05, 4.69) is 17.4 Å². The number of benzene rings is 4. The number of anilines is 3. The van der Waals surface area contributed by atoms with Crippen LogP contribution in [0.3, 0.4) is 0 Å². The summed E-state index contributed by atoms with van der Waals surface area (Å²) in [6, 6.07) is 31.3. The summed E-state index contributed by atoms with van der Waals surface area (Å²) in [5, 5.41) is 2.70. The first-order chi connectivity index (χ1) is 17.5. The monoisotopic (exact) mass is 510 g/mol. The lowest BCUT2D eigenvalue weighted by molar-refractivity contribution is -0.117. The molecule has 1 aliphatic heterocycles. The molecule has 1 N–H and O–H groups in total. The number of hydrogen-bond donors (Lipinski definition) is 1. The van der Waals surface area contributed by atoms with Crippen molar-refractivity contribution >= 4 is 52.4 Å². The van der Waals surface area contributed by atoms with E-state index in [0.29, 0.717) is 17.7 Å². The van der Waals surface area contributed by atoms with Crippen molar-refractivity contribution in [1.82, 2.24) is 0 Å². The summed E-state index contributed by atoms with van der Waals surface area (Å²) < 4.78 is 0. The van der Waals surface area contributed by atoms with Crippen molar-refractivity contribution in [1.29, 1.82) is 0 Å². The van der Waals surface area contributed by atoms with E-state index in [4.69, 9.17) is 0 Å². The van der Waals surface area contributed by atoms with Gasteiger partial charge in [0, 0.05) is 25.9 Å². The minimum atomic E-state index is -0.280. The van der Waals surface area contributed by atoms with E-state index in [1.807, 2.05) is 104 Å². The first kappa shape index (κ1) is 24.2. The van der Waals surface area contributed by atoms with Gasteiger partial charge in [0.05, 0.1) is 16.6 Å². The number of nitrogens with one attached hydrogen (secondary N) is 1. The molecule has 180 valence electrons. The van der Waals surface area contributed by atoms with Gasteiger partial charge in [0.15, 0.2) is 0 Å². The third-order valence-electron chi connectivity index (χ3n) is 5.98. The molecule has 6 heteroatoms. The molecule has 0 saturated heterocycles. The molecule has 4 aromatic rings. The summed E-state index contributed by atoms with van der Waals surface area (Å²) in [7, 11) is 0. The van der Waals surface area contributed by atoms with E-state index < -0.39 is 0 Å². The highest BCUT2D eigenvalue weighted by molar-refractivity contribution is 8.00. The number of para-hydroxylation sites is 2. The second kappa shape index (κ2) is 10.6. The maximum Gasteiger partial charge on any atom is 0.255 e. The molecule has 4 nitrogen and oxygen atoms in total. The zero-order chi connectivity index (χ0) is 25.1. The maximum atomic E-state index is 14.0. The Balaban J connectivity index is 1.37. The van der Waals surface area contributed by atoms with Crippen LogP contribution in [-0.4, -0.2) is 17.1 Å². The smallest absolute Gasteiger partial charge is 0.255 e. The Hall–Kier alpha value is -3.48. The highest BCUT2D eigenvalue weighted by Gasteiger charge is 2.32. The van der Waals surface area contributed by atoms with Crippen LogP contribution < -0.4 is 10.2 Å². The topological polar surface area (TPSA) is 49.4 Å². The molecule has 0 fully saturated rings. The van der Waals surface area contributed by atoms with Gasteiger partial charge in [-0.05, 0) is 67.9 Å². The second-order valence-electron chi connectivity index (χ2n) is 8.57. The van der Waals surface area contributed by atoms with Crippen molar-refractivity contribution in [3.8, 4) is 0 Å². The van der Waals surface area contributed by atoms with E-state index >= 15 is 0 Å². The lowest BCUT2D eigenvalue weighted by atomic mass is 10.1. The molecule has 5 rings (SSSR count). The first-order valence-electron chi connectivity index (χ1n) is 11.9. The predicted molar refractivity (Wildman–Crippen MR) is 150 cm³/mol. The summed E-state index contributed by atoms with van der Waals surface area (Å²) in [6.45, 7) is 4.03. The van der Waals surface area contributed by atoms with Crippen molar-refractivity contribution in [2.24, 2.45) is 0 Å². The number of rotatable bonds is 6. The molecule has 0 radical (unpaired) electrons. The van der Waals surface area contributed by atoms with Gasteiger partial charge in [-0.15, -0.1) is 11.8 Å². The zero-order valence-electron chi connectivity index (χ0n) is 20.1. The summed E-state index contributed by atoms with van der Waals surface area (Å²) in [4.78, 5) is 31.6. The Bertz CT molecular complexity index is 1370. The van der Waals surface area contributed by atoms with Crippen LogP contribution in [0.5, 0.6) is 0 Å². The van der Waals surface area contributed by atoms with Crippen LogP contribution in [0.2, 0.25) is 0 Å². The average Bonchev–Trinajstić information content (AvgIpc) is 2.90. The summed E-state index contributed by atoms with van der Waals surface area (Å²) >= 11 is 3.22. The molecule has 0 bridgehead atoms. The summed E-state index contributed by atoms with van der Waals surface area (Å²) in [5.41, 5.74) is 4.27. The quantitative estimate of drug-likeness (QED) is 0.267. The number of fused-ring (bicyclic) bond motifs is 2. The fourth-order valence-electron chi connectivity index (χ4n) is 4.11. The maximum absolute atomic E-state index is 14.0. The largest absolute Gasteiger partial charge is 0.322 e. The van der Waals surface area contributed by atoms with Crippen LogP contribution in [0.1, 0.15) is 29.3 Å². The van der Waals surface area contributed by atoms with E-state index in [9.17, 15) is 9.59 Å². The fourth-order valence-corrected chi connectivity index (χ4v) is 6.23. The van der Waals surface area contributed by atoms with Gasteiger partial charge in [-0.3, -0.25) is 14.5 Å². The normalized spacial score (nSPS) is 12.9. The van der Waals surface area contributed by atoms with Gasteiger partial charge >= 0.3 is 0 Å². The van der Waals surface area contributed by atoms with Gasteiger partial charge in [-0.2, -0.15) is 0 Å². The summed E-state index contributed by atoms with van der Waals surface area (Å²) in [6.07, 6.45) is 0.678. The number of carbonyl (C=O) groups excluding carboxylic acids is 2. The van der Waals surface area contributed by atoms with Crippen molar-refractivity contribution in [3.05, 3.63) is 108 Å². The van der Waals surface area contributed by atoms with E-state index in [1.54, 1.807) is 11.8 Å². The molecule has 36 heavy (non-hydrogen) atoms. The van der Waals surface area contributed by atoms with Gasteiger partial charge < -0.3 is 5.32 Å². The molecule has 0 spiro atoms. The Kier molecular flexibility index (Phi) is 7.16. The number of thioether (sulfide) groups is 1. The molecular weight excluding hydrogens is 484 g/mol. The lowest BCUT2D eigenvalue weighted by Crippen LogP contribution is -2.35. The third kappa shape index (κ3) is 5.06. The molecule has 1 atom stereocenters. The van der Waals surface area contributed by atoms with Crippen molar-refractivity contribution in [2.75, 3.05) is 10.2 Å². The molecule has 1 unspecified atom stereocenters. The molecule has 0 aromatic heterocycles. The van der Waals surface area contributed by atoms with Gasteiger partial charge in [-0.1, -0.05) is 66.7 Å². The fraction of sp³-hybridized carbons (Fsp3) is 0.133. The molecule has 0 saturated carbocycles. The number of hydrogen-bond acceptors (Lipinski definition) is 4. The molecule has 0 aliphatic carbocycles. The van der Waals surface area contributed by atoms with Crippen molar-refractivity contribution in [3.63, 3.8) is 0 Å². The Morgan fingerprint density at radius 1 is 0.861 bits per heavy atom. The van der Waals surface area contributed by atoms with Crippen LogP contribution in [0.4, 0.5) is 17.1 Å². The van der Waals surface area contributed by atoms with Crippen LogP contribution in [0.15, 0.2) is 112 Å². The molecular formula is C30H26N2O2S2. The Labute approximate surface area is 220 Å². The van der Waals surface area contributed by atoms with Crippen LogP contribution in [0, 0.1) is 6.92 Å². The van der Waals surface area contributed by atoms with E-state index in [0.717, 1.165) is 31.6 Å². The minimum absolute atomic E-state index is 0.0526. The van der Waals surface area contributed by atoms with Gasteiger partial charge in [-0.25, -0.2) is 0 Å². The highest BCUT2D eigenvalue weighted by Crippen LogP contribution is 2.48. The molecule has 4 aromatic carbocycles. The number of carbonyl (C=O) groups is 2. The van der Waals surface area contributed by atoms with Gasteiger partial charge in [0.25, 0.3) is 5.91 Å². The number of aryl methyl sites for hydroxylation is 1. The third-order valence-corrected chi connectivity index (χ3v) is 8.46. The van der Waals surface area contributed by atoms with E-state index in [1.165, 1.54) is 11.8 Å². The van der Waals surface area contributed by atoms with Crippen LogP contribution in [-0.2, 0) is 4.79 Å². The van der Waals surface area contributed by atoms with Crippen LogP contribution >= 0.6 is 23.5 Å². The molecule has 1 aliphatic rings. The second-order valence-corrected chi connectivity index (χ2v) is 10.9. The lowest BCUT2D eigenvalue weighted by Gasteiger charge is -2.33. The first-order valence-corrected chi connectivity index (χ1v) is 13.6. The number of nitrogens with zero attached hydrogens (tertiary/aromatic N) is 1. The van der Waals surface area contributed by atoms with Gasteiger partial charge in [0.2, 0.25) is 5.91 Å². The average molecular weight is 511 g/mol. The van der Waals surface area contributed by atoms with Gasteiger partial charge in [0.1, 0.15) is 0 Å². The number of amides is 2. The predicted octanol–water partition coefficient (Wildman–Crippen LogP) is 7.95. The minimum Gasteiger partial charge on any atom is -0.322 e. The van der Waals surface area contributed by atoms with Crippen molar-refractivity contribution < 1.29 is 9.59 Å². The van der Waals surface area contributed by atoms with Crippen LogP contribution in [0.25, 0.3) is 0 Å². The SMILES string of the molecule is CCC(Sc1cccc(NC(=O)c2ccc(C)cc2)c1)C(=O)N1c2ccccc2Sc2ccccc21. The summed E-state index contributed by atoms with van der Waals surface area (Å²) in [5.74, 6) is -0.101. The highest BCUT2D eigenvalue weighted by atomic mass is 32.2.